The van der Waals surface area contributed by atoms with Crippen LogP contribution in [0, 0.1) is 12.7 Å². The van der Waals surface area contributed by atoms with Crippen LogP contribution < -0.4 is 10.9 Å². The van der Waals surface area contributed by atoms with Crippen molar-refractivity contribution < 1.29 is 14.3 Å². The summed E-state index contributed by atoms with van der Waals surface area (Å²) in [7, 11) is 0. The fourth-order valence-corrected chi connectivity index (χ4v) is 2.90. The smallest absolute Gasteiger partial charge is 0.251 e. The highest BCUT2D eigenvalue weighted by molar-refractivity contribution is 5.83. The summed E-state index contributed by atoms with van der Waals surface area (Å²) in [4.78, 5) is 26.7. The van der Waals surface area contributed by atoms with Gasteiger partial charge in [0.25, 0.3) is 5.56 Å². The number of carbonyl (C=O) groups is 1. The van der Waals surface area contributed by atoms with Crippen molar-refractivity contribution in [3.63, 3.8) is 0 Å². The maximum absolute atomic E-state index is 13.0. The highest BCUT2D eigenvalue weighted by Crippen LogP contribution is 2.20. The van der Waals surface area contributed by atoms with E-state index in [1.54, 1.807) is 32.0 Å². The third kappa shape index (κ3) is 4.41. The minimum atomic E-state index is -1.30. The Kier molecular flexibility index (Phi) is 5.10. The fourth-order valence-electron chi connectivity index (χ4n) is 2.90. The van der Waals surface area contributed by atoms with E-state index >= 15 is 0 Å². The van der Waals surface area contributed by atoms with Gasteiger partial charge in [-0.05, 0) is 60.7 Å². The Morgan fingerprint density at radius 2 is 1.89 bits per heavy atom. The molecule has 0 bridgehead atoms. The van der Waals surface area contributed by atoms with Crippen molar-refractivity contribution in [2.75, 3.05) is 6.54 Å². The molecule has 0 aliphatic carbocycles. The second-order valence-corrected chi connectivity index (χ2v) is 6.94. The maximum atomic E-state index is 13.0. The number of pyridine rings is 1. The zero-order valence-corrected chi connectivity index (χ0v) is 15.2. The number of nitrogens with one attached hydrogen (secondary N) is 2. The van der Waals surface area contributed by atoms with Gasteiger partial charge in [-0.25, -0.2) is 4.39 Å². The van der Waals surface area contributed by atoms with Gasteiger partial charge in [0, 0.05) is 11.1 Å². The number of carbonyl (C=O) groups excluding carboxylic acids is 1. The minimum absolute atomic E-state index is 0.0114. The molecule has 1 heterocycles. The molecular weight excluding hydrogens is 347 g/mol. The topological polar surface area (TPSA) is 82.2 Å². The van der Waals surface area contributed by atoms with Crippen LogP contribution in [0.4, 0.5) is 4.39 Å². The van der Waals surface area contributed by atoms with Crippen molar-refractivity contribution in [3.05, 3.63) is 81.4 Å². The molecule has 0 aliphatic heterocycles. The SMILES string of the molecule is Cc1cc2cc(CC(=O)NCC(C)(O)c3ccc(F)cc3)ccc2[nH]c1=O. The molecule has 0 saturated heterocycles. The average molecular weight is 368 g/mol. The average Bonchev–Trinajstić information content (AvgIpc) is 2.62. The highest BCUT2D eigenvalue weighted by atomic mass is 19.1. The number of rotatable bonds is 5. The number of aromatic nitrogens is 1. The second kappa shape index (κ2) is 7.32. The van der Waals surface area contributed by atoms with Gasteiger partial charge in [0.15, 0.2) is 0 Å². The van der Waals surface area contributed by atoms with Gasteiger partial charge in [0.1, 0.15) is 11.4 Å². The van der Waals surface area contributed by atoms with Gasteiger partial charge >= 0.3 is 0 Å². The monoisotopic (exact) mass is 368 g/mol. The molecule has 140 valence electrons. The Balaban J connectivity index is 1.66. The van der Waals surface area contributed by atoms with E-state index in [4.69, 9.17) is 0 Å². The van der Waals surface area contributed by atoms with Gasteiger partial charge in [0.05, 0.1) is 13.0 Å². The van der Waals surface area contributed by atoms with Gasteiger partial charge in [-0.15, -0.1) is 0 Å². The van der Waals surface area contributed by atoms with Crippen LogP contribution in [0.5, 0.6) is 0 Å². The summed E-state index contributed by atoms with van der Waals surface area (Å²) in [6.07, 6.45) is 0.146. The largest absolute Gasteiger partial charge is 0.384 e. The van der Waals surface area contributed by atoms with Crippen LogP contribution in [-0.4, -0.2) is 22.5 Å². The molecule has 1 amide bonds. The number of H-pyrrole nitrogens is 1. The second-order valence-electron chi connectivity index (χ2n) is 6.94. The lowest BCUT2D eigenvalue weighted by Crippen LogP contribution is -2.39. The zero-order valence-electron chi connectivity index (χ0n) is 15.2. The third-order valence-electron chi connectivity index (χ3n) is 4.55. The number of aromatic amines is 1. The van der Waals surface area contributed by atoms with Gasteiger partial charge in [-0.2, -0.15) is 0 Å². The summed E-state index contributed by atoms with van der Waals surface area (Å²) in [5, 5.41) is 14.1. The van der Waals surface area contributed by atoms with E-state index in [1.807, 2.05) is 6.07 Å². The number of hydrogen-bond donors (Lipinski definition) is 3. The molecular formula is C21H21FN2O3. The highest BCUT2D eigenvalue weighted by Gasteiger charge is 2.23. The van der Waals surface area contributed by atoms with Crippen molar-refractivity contribution in [2.24, 2.45) is 0 Å². The first-order valence-corrected chi connectivity index (χ1v) is 8.62. The summed E-state index contributed by atoms with van der Waals surface area (Å²) in [6, 6.07) is 12.7. The zero-order chi connectivity index (χ0) is 19.6. The van der Waals surface area contributed by atoms with E-state index in [2.05, 4.69) is 10.3 Å². The van der Waals surface area contributed by atoms with Crippen LogP contribution in [0.2, 0.25) is 0 Å². The molecule has 1 unspecified atom stereocenters. The number of benzene rings is 2. The van der Waals surface area contributed by atoms with Crippen LogP contribution in [-0.2, 0) is 16.8 Å². The molecule has 2 aromatic carbocycles. The summed E-state index contributed by atoms with van der Waals surface area (Å²) >= 11 is 0. The molecule has 0 fully saturated rings. The lowest BCUT2D eigenvalue weighted by Gasteiger charge is -2.24. The standard InChI is InChI=1S/C21H21FN2O3/c1-13-9-15-10-14(3-8-18(15)24-20(13)26)11-19(25)23-12-21(2,27)16-4-6-17(22)7-5-16/h3-10,27H,11-12H2,1-2H3,(H,23,25)(H,24,26). The minimum Gasteiger partial charge on any atom is -0.384 e. The van der Waals surface area contributed by atoms with E-state index < -0.39 is 5.60 Å². The molecule has 5 nitrogen and oxygen atoms in total. The van der Waals surface area contributed by atoms with E-state index in [-0.39, 0.29) is 30.2 Å². The van der Waals surface area contributed by atoms with Crippen molar-refractivity contribution in [2.45, 2.75) is 25.9 Å². The fraction of sp³-hybridized carbons (Fsp3) is 0.238. The molecule has 3 aromatic rings. The number of hydrogen-bond acceptors (Lipinski definition) is 3. The number of aryl methyl sites for hydroxylation is 1. The molecule has 3 N–H and O–H groups in total. The molecule has 0 saturated carbocycles. The van der Waals surface area contributed by atoms with Gasteiger partial charge < -0.3 is 15.4 Å². The Hall–Kier alpha value is -2.99. The van der Waals surface area contributed by atoms with E-state index in [0.717, 1.165) is 10.9 Å². The molecule has 1 aromatic heterocycles. The molecule has 6 heteroatoms. The van der Waals surface area contributed by atoms with Crippen molar-refractivity contribution in [1.29, 1.82) is 0 Å². The van der Waals surface area contributed by atoms with Crippen LogP contribution in [0.15, 0.2) is 53.3 Å². The molecule has 0 radical (unpaired) electrons. The maximum Gasteiger partial charge on any atom is 0.251 e. The number of fused-ring (bicyclic) bond motifs is 1. The number of halogens is 1. The quantitative estimate of drug-likeness (QED) is 0.647. The summed E-state index contributed by atoms with van der Waals surface area (Å²) < 4.78 is 13.0. The first-order valence-electron chi connectivity index (χ1n) is 8.62. The van der Waals surface area contributed by atoms with Crippen LogP contribution in [0.1, 0.15) is 23.6 Å². The normalized spacial score (nSPS) is 13.3. The molecule has 27 heavy (non-hydrogen) atoms. The lowest BCUT2D eigenvalue weighted by molar-refractivity contribution is -0.121. The van der Waals surface area contributed by atoms with Crippen molar-refractivity contribution in [1.82, 2.24) is 10.3 Å². The first-order chi connectivity index (χ1) is 12.7. The lowest BCUT2D eigenvalue weighted by atomic mass is 9.96. The predicted molar refractivity (Wildman–Crippen MR) is 102 cm³/mol. The summed E-state index contributed by atoms with van der Waals surface area (Å²) in [5.74, 6) is -0.621. The van der Waals surface area contributed by atoms with Gasteiger partial charge in [-0.3, -0.25) is 9.59 Å². The third-order valence-corrected chi connectivity index (χ3v) is 4.55. The molecule has 0 spiro atoms. The van der Waals surface area contributed by atoms with E-state index in [0.29, 0.717) is 16.6 Å². The van der Waals surface area contributed by atoms with Gasteiger partial charge in [0.2, 0.25) is 5.91 Å². The predicted octanol–water partition coefficient (Wildman–Crippen LogP) is 2.54. The molecule has 3 rings (SSSR count). The summed E-state index contributed by atoms with van der Waals surface area (Å²) in [5.41, 5.74) is 1.22. The van der Waals surface area contributed by atoms with Gasteiger partial charge in [-0.1, -0.05) is 18.2 Å². The van der Waals surface area contributed by atoms with Crippen molar-refractivity contribution >= 4 is 16.8 Å². The van der Waals surface area contributed by atoms with E-state index in [1.165, 1.54) is 24.3 Å². The summed E-state index contributed by atoms with van der Waals surface area (Å²) in [6.45, 7) is 3.31. The van der Waals surface area contributed by atoms with E-state index in [9.17, 15) is 19.1 Å². The first kappa shape index (κ1) is 18.8. The van der Waals surface area contributed by atoms with Crippen LogP contribution in [0.25, 0.3) is 10.9 Å². The molecule has 0 aliphatic rings. The van der Waals surface area contributed by atoms with Crippen LogP contribution >= 0.6 is 0 Å². The number of aliphatic hydroxyl groups is 1. The Bertz CT molecular complexity index is 1040. The molecule has 1 atom stereocenters. The van der Waals surface area contributed by atoms with Crippen molar-refractivity contribution in [3.8, 4) is 0 Å². The van der Waals surface area contributed by atoms with Crippen LogP contribution in [0.3, 0.4) is 0 Å². The Labute approximate surface area is 155 Å². The Morgan fingerprint density at radius 1 is 1.19 bits per heavy atom. The number of amides is 1. The Morgan fingerprint density at radius 3 is 2.59 bits per heavy atom.